The van der Waals surface area contributed by atoms with E-state index in [4.69, 9.17) is 15.5 Å². The Bertz CT molecular complexity index is 1170. The number of carbonyl (C=O) groups excluding carboxylic acids is 1. The van der Waals surface area contributed by atoms with Crippen molar-refractivity contribution in [2.75, 3.05) is 57.0 Å². The maximum Gasteiger partial charge on any atom is 0.254 e. The average molecular weight is 474 g/mol. The fourth-order valence-electron chi connectivity index (χ4n) is 5.13. The first kappa shape index (κ1) is 23.6. The molecule has 2 saturated heterocycles. The molecule has 0 spiro atoms. The molecule has 3 heterocycles. The zero-order chi connectivity index (χ0) is 24.0. The predicted molar refractivity (Wildman–Crippen MR) is 142 cm³/mol. The highest BCUT2D eigenvalue weighted by Crippen LogP contribution is 2.30. The number of aromatic nitrogens is 1. The standard InChI is InChI=1S/C28H35N5O2/c29-23-16-21(15-22(17-23)28(34)33-11-13-35-14-12-33)26-18-27(24-7-1-2-8-25(24)32-26)31-10-4-6-20-5-3-9-30-19-20/h1-2,7-8,15-18,20,30H,3-6,9-14,19,29H2,(H,31,32). The molecule has 7 nitrogen and oxygen atoms in total. The zero-order valence-electron chi connectivity index (χ0n) is 20.3. The number of hydrogen-bond acceptors (Lipinski definition) is 6. The van der Waals surface area contributed by atoms with E-state index in [0.717, 1.165) is 59.8 Å². The Morgan fingerprint density at radius 3 is 2.86 bits per heavy atom. The molecule has 1 aromatic heterocycles. The third kappa shape index (κ3) is 5.74. The number of morpholine rings is 1. The lowest BCUT2D eigenvalue weighted by atomic mass is 9.95. The number of carbonyl (C=O) groups is 1. The number of pyridine rings is 1. The molecule has 2 aliphatic heterocycles. The molecule has 2 aliphatic rings. The minimum atomic E-state index is -0.0156. The third-order valence-electron chi connectivity index (χ3n) is 7.02. The zero-order valence-corrected chi connectivity index (χ0v) is 20.3. The van der Waals surface area contributed by atoms with Crippen LogP contribution in [0.2, 0.25) is 0 Å². The van der Waals surface area contributed by atoms with Crippen molar-refractivity contribution in [2.24, 2.45) is 5.92 Å². The molecule has 184 valence electrons. The lowest BCUT2D eigenvalue weighted by molar-refractivity contribution is 0.0303. The Morgan fingerprint density at radius 2 is 2.03 bits per heavy atom. The van der Waals surface area contributed by atoms with Gasteiger partial charge in [-0.1, -0.05) is 18.2 Å². The second kappa shape index (κ2) is 11.1. The van der Waals surface area contributed by atoms with Crippen LogP contribution in [0.15, 0.2) is 48.5 Å². The Hall–Kier alpha value is -3.16. The fourth-order valence-corrected chi connectivity index (χ4v) is 5.13. The van der Waals surface area contributed by atoms with E-state index in [0.29, 0.717) is 37.6 Å². The number of benzene rings is 2. The van der Waals surface area contributed by atoms with Crippen molar-refractivity contribution >= 4 is 28.2 Å². The Labute approximate surface area is 207 Å². The van der Waals surface area contributed by atoms with Gasteiger partial charge in [-0.15, -0.1) is 0 Å². The number of rotatable bonds is 7. The first-order chi connectivity index (χ1) is 17.2. The highest BCUT2D eigenvalue weighted by molar-refractivity contribution is 5.98. The number of piperidine rings is 1. The molecular formula is C28H35N5O2. The van der Waals surface area contributed by atoms with Crippen LogP contribution in [-0.2, 0) is 4.74 Å². The van der Waals surface area contributed by atoms with Crippen molar-refractivity contribution in [1.29, 1.82) is 0 Å². The summed E-state index contributed by atoms with van der Waals surface area (Å²) in [6, 6.07) is 15.8. The Morgan fingerprint density at radius 1 is 1.17 bits per heavy atom. The maximum absolute atomic E-state index is 13.1. The maximum atomic E-state index is 13.1. The quantitative estimate of drug-likeness (QED) is 0.353. The summed E-state index contributed by atoms with van der Waals surface area (Å²) in [6.45, 7) is 5.55. The van der Waals surface area contributed by atoms with Crippen LogP contribution in [0.4, 0.5) is 11.4 Å². The molecule has 1 amide bonds. The lowest BCUT2D eigenvalue weighted by Gasteiger charge is -2.27. The smallest absolute Gasteiger partial charge is 0.254 e. The summed E-state index contributed by atoms with van der Waals surface area (Å²) in [6.07, 6.45) is 4.98. The molecular weight excluding hydrogens is 438 g/mol. The van der Waals surface area contributed by atoms with E-state index in [1.54, 1.807) is 6.07 Å². The van der Waals surface area contributed by atoms with Gasteiger partial charge < -0.3 is 26.0 Å². The van der Waals surface area contributed by atoms with Gasteiger partial charge in [0.1, 0.15) is 0 Å². The summed E-state index contributed by atoms with van der Waals surface area (Å²) in [5, 5.41) is 8.27. The number of ether oxygens (including phenoxy) is 1. The summed E-state index contributed by atoms with van der Waals surface area (Å²) in [5.41, 5.74) is 11.0. The molecule has 0 saturated carbocycles. The van der Waals surface area contributed by atoms with Crippen LogP contribution in [0.5, 0.6) is 0 Å². The molecule has 35 heavy (non-hydrogen) atoms. The van der Waals surface area contributed by atoms with E-state index in [9.17, 15) is 4.79 Å². The number of para-hydroxylation sites is 1. The van der Waals surface area contributed by atoms with Crippen molar-refractivity contribution in [3.05, 3.63) is 54.1 Å². The van der Waals surface area contributed by atoms with Gasteiger partial charge in [0.2, 0.25) is 0 Å². The molecule has 7 heteroatoms. The molecule has 2 aromatic carbocycles. The normalized spacial score (nSPS) is 18.5. The second-order valence-corrected chi connectivity index (χ2v) is 9.60. The number of amides is 1. The van der Waals surface area contributed by atoms with Crippen LogP contribution in [0.25, 0.3) is 22.2 Å². The van der Waals surface area contributed by atoms with Crippen LogP contribution in [0.1, 0.15) is 36.0 Å². The Kier molecular flexibility index (Phi) is 7.45. The summed E-state index contributed by atoms with van der Waals surface area (Å²) in [4.78, 5) is 19.8. The van der Waals surface area contributed by atoms with Crippen molar-refractivity contribution in [3.8, 4) is 11.3 Å². The van der Waals surface area contributed by atoms with E-state index in [1.807, 2.05) is 35.2 Å². The van der Waals surface area contributed by atoms with Crippen molar-refractivity contribution in [3.63, 3.8) is 0 Å². The minimum absolute atomic E-state index is 0.0156. The highest BCUT2D eigenvalue weighted by atomic mass is 16.5. The van der Waals surface area contributed by atoms with Gasteiger partial charge in [-0.2, -0.15) is 0 Å². The molecule has 1 atom stereocenters. The van der Waals surface area contributed by atoms with Crippen LogP contribution >= 0.6 is 0 Å². The highest BCUT2D eigenvalue weighted by Gasteiger charge is 2.20. The molecule has 2 fully saturated rings. The van der Waals surface area contributed by atoms with Gasteiger partial charge >= 0.3 is 0 Å². The van der Waals surface area contributed by atoms with E-state index in [-0.39, 0.29) is 5.91 Å². The topological polar surface area (TPSA) is 92.5 Å². The molecule has 1 unspecified atom stereocenters. The number of anilines is 2. The fraction of sp³-hybridized carbons (Fsp3) is 0.429. The summed E-state index contributed by atoms with van der Waals surface area (Å²) >= 11 is 0. The van der Waals surface area contributed by atoms with E-state index in [2.05, 4.69) is 22.8 Å². The first-order valence-electron chi connectivity index (χ1n) is 12.8. The molecule has 0 aliphatic carbocycles. The number of fused-ring (bicyclic) bond motifs is 1. The van der Waals surface area contributed by atoms with Gasteiger partial charge in [0.15, 0.2) is 0 Å². The van der Waals surface area contributed by atoms with Gasteiger partial charge in [-0.25, -0.2) is 4.98 Å². The van der Waals surface area contributed by atoms with Gasteiger partial charge in [-0.3, -0.25) is 4.79 Å². The van der Waals surface area contributed by atoms with Crippen LogP contribution < -0.4 is 16.4 Å². The largest absolute Gasteiger partial charge is 0.399 e. The van der Waals surface area contributed by atoms with Gasteiger partial charge in [0.25, 0.3) is 5.91 Å². The average Bonchev–Trinajstić information content (AvgIpc) is 2.91. The number of nitrogens with zero attached hydrogens (tertiary/aromatic N) is 2. The number of hydrogen-bond donors (Lipinski definition) is 3. The molecule has 5 rings (SSSR count). The first-order valence-corrected chi connectivity index (χ1v) is 12.8. The summed E-state index contributed by atoms with van der Waals surface area (Å²) < 4.78 is 5.39. The molecule has 3 aromatic rings. The minimum Gasteiger partial charge on any atom is -0.399 e. The number of nitrogens with one attached hydrogen (secondary N) is 2. The number of nitrogens with two attached hydrogens (primary N) is 1. The van der Waals surface area contributed by atoms with Crippen molar-refractivity contribution < 1.29 is 9.53 Å². The predicted octanol–water partition coefficient (Wildman–Crippen LogP) is 4.15. The number of nitrogen functional groups attached to an aromatic ring is 1. The Balaban J connectivity index is 1.38. The van der Waals surface area contributed by atoms with Gasteiger partial charge in [-0.05, 0) is 75.0 Å². The lowest BCUT2D eigenvalue weighted by Crippen LogP contribution is -2.40. The van der Waals surface area contributed by atoms with Crippen molar-refractivity contribution in [2.45, 2.75) is 25.7 Å². The van der Waals surface area contributed by atoms with Crippen molar-refractivity contribution in [1.82, 2.24) is 15.2 Å². The van der Waals surface area contributed by atoms with Crippen LogP contribution in [0, 0.1) is 5.92 Å². The molecule has 4 N–H and O–H groups in total. The third-order valence-corrected chi connectivity index (χ3v) is 7.02. The summed E-state index contributed by atoms with van der Waals surface area (Å²) in [7, 11) is 0. The monoisotopic (exact) mass is 473 g/mol. The van der Waals surface area contributed by atoms with Crippen LogP contribution in [0.3, 0.4) is 0 Å². The SMILES string of the molecule is Nc1cc(C(=O)N2CCOCC2)cc(-c2cc(NCCCC3CCCNC3)c3ccccc3n2)c1. The van der Waals surface area contributed by atoms with E-state index >= 15 is 0 Å². The molecule has 0 bridgehead atoms. The van der Waals surface area contributed by atoms with E-state index in [1.165, 1.54) is 19.3 Å². The van der Waals surface area contributed by atoms with Gasteiger partial charge in [0.05, 0.1) is 24.4 Å². The molecule has 0 radical (unpaired) electrons. The second-order valence-electron chi connectivity index (χ2n) is 9.60. The van der Waals surface area contributed by atoms with Crippen LogP contribution in [-0.4, -0.2) is 61.7 Å². The summed E-state index contributed by atoms with van der Waals surface area (Å²) in [5.74, 6) is 0.767. The van der Waals surface area contributed by atoms with E-state index < -0.39 is 0 Å². The van der Waals surface area contributed by atoms with Gasteiger partial charge in [0, 0.05) is 47.5 Å².